The van der Waals surface area contributed by atoms with Crippen LogP contribution in [0.4, 0.5) is 0 Å². The van der Waals surface area contributed by atoms with Gasteiger partial charge in [-0.3, -0.25) is 10.2 Å². The molecule has 2 aliphatic rings. The zero-order valence-electron chi connectivity index (χ0n) is 18.6. The van der Waals surface area contributed by atoms with E-state index in [1.807, 2.05) is 56.4 Å². The van der Waals surface area contributed by atoms with Crippen LogP contribution < -0.4 is 4.74 Å². The van der Waals surface area contributed by atoms with Crippen LogP contribution in [0, 0.1) is 19.3 Å². The number of amidine groups is 2. The van der Waals surface area contributed by atoms with Crippen LogP contribution in [0.25, 0.3) is 17.0 Å². The van der Waals surface area contributed by atoms with Gasteiger partial charge in [-0.15, -0.1) is 0 Å². The van der Waals surface area contributed by atoms with Gasteiger partial charge in [0.1, 0.15) is 12.4 Å². The monoisotopic (exact) mass is 457 g/mol. The molecule has 8 heteroatoms. The first kappa shape index (κ1) is 21.2. The lowest BCUT2D eigenvalue weighted by Gasteiger charge is -2.20. The van der Waals surface area contributed by atoms with Crippen LogP contribution in [0.15, 0.2) is 64.3 Å². The van der Waals surface area contributed by atoms with Crippen molar-refractivity contribution in [2.24, 2.45) is 10.1 Å². The van der Waals surface area contributed by atoms with Crippen molar-refractivity contribution >= 4 is 50.7 Å². The Bertz CT molecular complexity index is 1400. The Morgan fingerprint density at radius 2 is 1.97 bits per heavy atom. The van der Waals surface area contributed by atoms with Gasteiger partial charge in [-0.05, 0) is 56.3 Å². The summed E-state index contributed by atoms with van der Waals surface area (Å²) in [4.78, 5) is 16.8. The van der Waals surface area contributed by atoms with Crippen molar-refractivity contribution < 1.29 is 9.53 Å². The summed E-state index contributed by atoms with van der Waals surface area (Å²) in [5, 5.41) is 16.4. The van der Waals surface area contributed by atoms with E-state index in [9.17, 15) is 4.79 Å². The van der Waals surface area contributed by atoms with Gasteiger partial charge in [-0.1, -0.05) is 35.9 Å². The molecule has 3 heterocycles. The molecule has 0 aliphatic carbocycles. The van der Waals surface area contributed by atoms with E-state index >= 15 is 0 Å². The molecule has 0 unspecified atom stereocenters. The second-order valence-corrected chi connectivity index (χ2v) is 9.21. The number of benzene rings is 2. The molecule has 0 saturated carbocycles. The lowest BCUT2D eigenvalue weighted by Crippen LogP contribution is -2.35. The quantitative estimate of drug-likeness (QED) is 0.548. The predicted molar refractivity (Wildman–Crippen MR) is 134 cm³/mol. The van der Waals surface area contributed by atoms with Crippen molar-refractivity contribution in [3.05, 3.63) is 70.9 Å². The maximum Gasteiger partial charge on any atom is 0.283 e. The number of aromatic nitrogens is 1. The highest BCUT2D eigenvalue weighted by molar-refractivity contribution is 8.26. The largest absolute Gasteiger partial charge is 0.491 e. The molecule has 1 amide bonds. The van der Waals surface area contributed by atoms with Gasteiger partial charge < -0.3 is 9.30 Å². The summed E-state index contributed by atoms with van der Waals surface area (Å²) < 4.78 is 8.15. The smallest absolute Gasteiger partial charge is 0.283 e. The predicted octanol–water partition coefficient (Wildman–Crippen LogP) is 4.98. The molecule has 5 rings (SSSR count). The number of aliphatic imine (C=N–C) groups is 1. The van der Waals surface area contributed by atoms with E-state index in [1.54, 1.807) is 6.08 Å². The third-order valence-electron chi connectivity index (χ3n) is 5.59. The zero-order chi connectivity index (χ0) is 23.1. The molecule has 33 heavy (non-hydrogen) atoms. The molecule has 0 radical (unpaired) electrons. The van der Waals surface area contributed by atoms with Gasteiger partial charge in [0.05, 0.1) is 17.2 Å². The average Bonchev–Trinajstić information content (AvgIpc) is 3.33. The zero-order valence-corrected chi connectivity index (χ0v) is 19.4. The number of thioether (sulfide) groups is 1. The Hall–Kier alpha value is -3.65. The van der Waals surface area contributed by atoms with Crippen molar-refractivity contribution in [2.45, 2.75) is 27.3 Å². The maximum absolute atomic E-state index is 12.7. The fourth-order valence-corrected chi connectivity index (χ4v) is 4.77. The Kier molecular flexibility index (Phi) is 5.38. The number of nitrogens with zero attached hydrogens (tertiary/aromatic N) is 4. The summed E-state index contributed by atoms with van der Waals surface area (Å²) in [5.41, 5.74) is 4.45. The summed E-state index contributed by atoms with van der Waals surface area (Å²) >= 11 is 1.30. The highest BCUT2D eigenvalue weighted by Crippen LogP contribution is 2.30. The second kappa shape index (κ2) is 8.37. The topological polar surface area (TPSA) is 83.0 Å². The molecule has 0 atom stereocenters. The summed E-state index contributed by atoms with van der Waals surface area (Å²) in [5.74, 6) is 0.511. The van der Waals surface area contributed by atoms with Crippen molar-refractivity contribution in [1.29, 1.82) is 5.41 Å². The molecule has 2 aliphatic heterocycles. The number of hydrazone groups is 1. The Labute approximate surface area is 196 Å². The van der Waals surface area contributed by atoms with E-state index < -0.39 is 5.91 Å². The molecule has 0 spiro atoms. The molecule has 3 aromatic rings. The molecule has 2 aromatic carbocycles. The lowest BCUT2D eigenvalue weighted by atomic mass is 10.1. The maximum atomic E-state index is 12.7. The Morgan fingerprint density at radius 1 is 1.15 bits per heavy atom. The number of para-hydroxylation sites is 1. The molecule has 7 nitrogen and oxygen atoms in total. The summed E-state index contributed by atoms with van der Waals surface area (Å²) in [6.45, 7) is 7.11. The molecule has 1 N–H and O–H groups in total. The van der Waals surface area contributed by atoms with E-state index in [4.69, 9.17) is 10.1 Å². The number of hydrogen-bond acceptors (Lipinski definition) is 5. The summed E-state index contributed by atoms with van der Waals surface area (Å²) in [7, 11) is 0. The fraction of sp³-hybridized carbons (Fsp3) is 0.200. The van der Waals surface area contributed by atoms with Gasteiger partial charge in [0.15, 0.2) is 5.84 Å². The van der Waals surface area contributed by atoms with Crippen molar-refractivity contribution in [3.63, 3.8) is 0 Å². The number of rotatable bonds is 5. The molecular weight excluding hydrogens is 434 g/mol. The van der Waals surface area contributed by atoms with Crippen molar-refractivity contribution in [1.82, 2.24) is 9.58 Å². The Morgan fingerprint density at radius 3 is 2.79 bits per heavy atom. The number of carbonyl (C=O) groups is 1. The van der Waals surface area contributed by atoms with Crippen LogP contribution in [0.2, 0.25) is 0 Å². The van der Waals surface area contributed by atoms with Crippen molar-refractivity contribution in [3.8, 4) is 5.75 Å². The fourth-order valence-electron chi connectivity index (χ4n) is 4.03. The van der Waals surface area contributed by atoms with Gasteiger partial charge in [0, 0.05) is 22.7 Å². The minimum atomic E-state index is -0.418. The number of hydrogen-bond donors (Lipinski definition) is 1. The van der Waals surface area contributed by atoms with Crippen LogP contribution in [0.1, 0.15) is 23.6 Å². The second-order valence-electron chi connectivity index (χ2n) is 8.05. The SMILES string of the molecule is CC1=NN2C(=N)/C(=C/c3cn(CCOc4ccc(C)cc4C)c4ccccc34)C(=O)N=C2S1. The molecular formula is C25H23N5O2S. The lowest BCUT2D eigenvalue weighted by molar-refractivity contribution is -0.114. The van der Waals surface area contributed by atoms with E-state index in [-0.39, 0.29) is 11.4 Å². The van der Waals surface area contributed by atoms with E-state index in [2.05, 4.69) is 27.7 Å². The van der Waals surface area contributed by atoms with Crippen LogP contribution >= 0.6 is 11.8 Å². The number of amides is 1. The van der Waals surface area contributed by atoms with E-state index in [0.717, 1.165) is 32.8 Å². The standard InChI is InChI=1S/C25H23N5O2S/c1-15-8-9-22(16(2)12-15)32-11-10-29-14-18(19-6-4-5-7-21(19)29)13-20-23(26)30-25(27-24(20)31)33-17(3)28-30/h4-9,12-14,26H,10-11H2,1-3H3/b20-13-,26-23?. The number of aryl methyl sites for hydroxylation is 2. The summed E-state index contributed by atoms with van der Waals surface area (Å²) in [6, 6.07) is 14.2. The minimum absolute atomic E-state index is 0.0457. The minimum Gasteiger partial charge on any atom is -0.491 e. The number of carbonyl (C=O) groups excluding carboxylic acids is 1. The van der Waals surface area contributed by atoms with Gasteiger partial charge in [-0.2, -0.15) is 15.1 Å². The van der Waals surface area contributed by atoms with Crippen LogP contribution in [0.5, 0.6) is 5.75 Å². The molecule has 0 fully saturated rings. The molecule has 166 valence electrons. The van der Waals surface area contributed by atoms with Crippen LogP contribution in [-0.4, -0.2) is 38.1 Å². The third kappa shape index (κ3) is 3.98. The highest BCUT2D eigenvalue weighted by Gasteiger charge is 2.34. The average molecular weight is 458 g/mol. The number of fused-ring (bicyclic) bond motifs is 2. The van der Waals surface area contributed by atoms with Gasteiger partial charge >= 0.3 is 0 Å². The first-order valence-corrected chi connectivity index (χ1v) is 11.5. The number of ether oxygens (including phenoxy) is 1. The molecule has 1 aromatic heterocycles. The summed E-state index contributed by atoms with van der Waals surface area (Å²) in [6.07, 6.45) is 3.73. The van der Waals surface area contributed by atoms with Crippen LogP contribution in [-0.2, 0) is 11.3 Å². The Balaban J connectivity index is 1.43. The molecule has 0 saturated heterocycles. The normalized spacial score (nSPS) is 16.9. The third-order valence-corrected chi connectivity index (χ3v) is 6.42. The molecule has 0 bridgehead atoms. The first-order chi connectivity index (χ1) is 15.9. The number of nitrogens with one attached hydrogen (secondary N) is 1. The van der Waals surface area contributed by atoms with Gasteiger partial charge in [0.2, 0.25) is 5.17 Å². The van der Waals surface area contributed by atoms with Crippen LogP contribution in [0.3, 0.4) is 0 Å². The van der Waals surface area contributed by atoms with Gasteiger partial charge in [-0.25, -0.2) is 0 Å². The first-order valence-electron chi connectivity index (χ1n) is 10.7. The highest BCUT2D eigenvalue weighted by atomic mass is 32.2. The van der Waals surface area contributed by atoms with Crippen molar-refractivity contribution in [2.75, 3.05) is 6.61 Å². The van der Waals surface area contributed by atoms with Gasteiger partial charge in [0.25, 0.3) is 5.91 Å². The van der Waals surface area contributed by atoms with E-state index in [0.29, 0.717) is 18.3 Å². The van der Waals surface area contributed by atoms with E-state index in [1.165, 1.54) is 22.3 Å².